The predicted molar refractivity (Wildman–Crippen MR) is 118 cm³/mol. The number of nitrogens with one attached hydrogen (secondary N) is 1. The first-order valence-corrected chi connectivity index (χ1v) is 10.5. The fourth-order valence-corrected chi connectivity index (χ4v) is 4.88. The normalized spacial score (nSPS) is 16.1. The van der Waals surface area contributed by atoms with E-state index in [1.807, 2.05) is 18.2 Å². The minimum Gasteiger partial charge on any atom is -0.332 e. The summed E-state index contributed by atoms with van der Waals surface area (Å²) in [5, 5.41) is 7.49. The van der Waals surface area contributed by atoms with Crippen molar-refractivity contribution in [3.8, 4) is 5.69 Å². The zero-order valence-electron chi connectivity index (χ0n) is 16.2. The van der Waals surface area contributed by atoms with Crippen LogP contribution in [-0.4, -0.2) is 20.4 Å². The molecule has 0 bridgehead atoms. The van der Waals surface area contributed by atoms with Gasteiger partial charge in [-0.05, 0) is 47.7 Å². The molecule has 3 N–H and O–H groups in total. The lowest BCUT2D eigenvalue weighted by atomic mass is 9.65. The van der Waals surface area contributed by atoms with Crippen LogP contribution < -0.4 is 22.4 Å². The Kier molecular flexibility index (Phi) is 4.46. The first kappa shape index (κ1) is 19.8. The molecule has 0 radical (unpaired) electrons. The molecule has 1 aliphatic carbocycles. The Bertz CT molecular complexity index is 1350. The topological polar surface area (TPSA) is 112 Å². The Labute approximate surface area is 186 Å². The Hall–Kier alpha value is -3.10. The molecular weight excluding hydrogens is 441 g/mol. The van der Waals surface area contributed by atoms with Gasteiger partial charge < -0.3 is 11.2 Å². The van der Waals surface area contributed by atoms with E-state index in [-0.39, 0.29) is 5.91 Å². The second kappa shape index (κ2) is 6.96. The number of carbonyl (C=O) groups is 1. The molecule has 2 aromatic carbocycles. The van der Waals surface area contributed by atoms with Gasteiger partial charge in [0.2, 0.25) is 5.91 Å². The highest BCUT2D eigenvalue weighted by atomic mass is 35.5. The fourth-order valence-electron chi connectivity index (χ4n) is 4.27. The highest BCUT2D eigenvalue weighted by molar-refractivity contribution is 6.36. The minimum absolute atomic E-state index is 0.0745. The molecule has 5 rings (SSSR count). The largest absolute Gasteiger partial charge is 0.370 e. The van der Waals surface area contributed by atoms with E-state index in [1.54, 1.807) is 12.1 Å². The van der Waals surface area contributed by atoms with Crippen LogP contribution in [0.4, 0.5) is 5.69 Å². The van der Waals surface area contributed by atoms with Crippen molar-refractivity contribution < 1.29 is 4.79 Å². The lowest BCUT2D eigenvalue weighted by molar-refractivity contribution is -0.123. The average molecular weight is 458 g/mol. The molecule has 0 saturated heterocycles. The molecule has 8 nitrogen and oxygen atoms in total. The van der Waals surface area contributed by atoms with Crippen LogP contribution in [0.3, 0.4) is 0 Å². The third-order valence-electron chi connectivity index (χ3n) is 6.15. The molecule has 31 heavy (non-hydrogen) atoms. The summed E-state index contributed by atoms with van der Waals surface area (Å²) < 4.78 is 1.41. The molecule has 1 aromatic heterocycles. The number of nitrogens with two attached hydrogens (primary N) is 1. The van der Waals surface area contributed by atoms with E-state index in [1.165, 1.54) is 0 Å². The first-order chi connectivity index (χ1) is 14.8. The van der Waals surface area contributed by atoms with Crippen LogP contribution in [0.2, 0.25) is 10.0 Å². The summed E-state index contributed by atoms with van der Waals surface area (Å²) in [6, 6.07) is 9.00. The molecule has 2 heterocycles. The third-order valence-corrected chi connectivity index (χ3v) is 6.82. The molecule has 158 valence electrons. The van der Waals surface area contributed by atoms with Crippen molar-refractivity contribution in [1.29, 1.82) is 0 Å². The Morgan fingerprint density at radius 1 is 1.10 bits per heavy atom. The molecule has 1 spiro atoms. The lowest BCUT2D eigenvalue weighted by Gasteiger charge is -2.36. The summed E-state index contributed by atoms with van der Waals surface area (Å²) in [5.74, 6) is 5.53. The van der Waals surface area contributed by atoms with Crippen molar-refractivity contribution in [3.63, 3.8) is 0 Å². The smallest absolute Gasteiger partial charge is 0.332 e. The van der Waals surface area contributed by atoms with Crippen molar-refractivity contribution in [2.45, 2.75) is 31.1 Å². The van der Waals surface area contributed by atoms with Gasteiger partial charge in [0, 0.05) is 22.2 Å². The molecule has 1 amide bonds. The fraction of sp³-hybridized carbons (Fsp3) is 0.238. The van der Waals surface area contributed by atoms with E-state index in [2.05, 4.69) is 10.4 Å². The van der Waals surface area contributed by atoms with Gasteiger partial charge in [-0.25, -0.2) is 4.79 Å². The quantitative estimate of drug-likeness (QED) is 0.586. The summed E-state index contributed by atoms with van der Waals surface area (Å²) in [4.78, 5) is 36.1. The molecule has 3 aromatic rings. The summed E-state index contributed by atoms with van der Waals surface area (Å²) in [6.07, 6.45) is 4.15. The second-order valence-corrected chi connectivity index (χ2v) is 8.70. The molecule has 0 atom stereocenters. The number of rotatable bonds is 3. The molecule has 1 saturated carbocycles. The highest BCUT2D eigenvalue weighted by Crippen LogP contribution is 2.51. The number of halogens is 2. The van der Waals surface area contributed by atoms with Gasteiger partial charge in [-0.2, -0.15) is 14.5 Å². The van der Waals surface area contributed by atoms with Crippen LogP contribution in [0.5, 0.6) is 0 Å². The van der Waals surface area contributed by atoms with Crippen LogP contribution >= 0.6 is 23.2 Å². The zero-order valence-corrected chi connectivity index (χ0v) is 17.7. The number of hydrogen-bond acceptors (Lipinski definition) is 5. The number of nitrogens with zero attached hydrogens (tertiary/aromatic N) is 3. The van der Waals surface area contributed by atoms with Gasteiger partial charge in [-0.15, -0.1) is 0 Å². The molecule has 10 heteroatoms. The number of nitrogen functional groups attached to an aromatic ring is 1. The Morgan fingerprint density at radius 3 is 2.45 bits per heavy atom. The maximum atomic E-state index is 12.4. The monoisotopic (exact) mass is 457 g/mol. The maximum absolute atomic E-state index is 12.4. The van der Waals surface area contributed by atoms with Crippen molar-refractivity contribution in [2.24, 2.45) is 0 Å². The van der Waals surface area contributed by atoms with Gasteiger partial charge >= 0.3 is 5.69 Å². The van der Waals surface area contributed by atoms with E-state index < -0.39 is 16.7 Å². The maximum Gasteiger partial charge on any atom is 0.370 e. The summed E-state index contributed by atoms with van der Waals surface area (Å²) >= 11 is 13.0. The number of amides is 1. The number of anilines is 1. The first-order valence-electron chi connectivity index (χ1n) is 9.70. The van der Waals surface area contributed by atoms with Crippen molar-refractivity contribution >= 4 is 34.8 Å². The number of aromatic nitrogens is 3. The van der Waals surface area contributed by atoms with Crippen LogP contribution in [0, 0.1) is 0 Å². The average Bonchev–Trinajstić information content (AvgIpc) is 3.00. The van der Waals surface area contributed by atoms with E-state index >= 15 is 0 Å². The van der Waals surface area contributed by atoms with Gasteiger partial charge in [-0.3, -0.25) is 9.59 Å². The van der Waals surface area contributed by atoms with Crippen LogP contribution in [0.1, 0.15) is 36.0 Å². The van der Waals surface area contributed by atoms with Crippen LogP contribution in [0.15, 0.2) is 46.1 Å². The Balaban J connectivity index is 1.51. The van der Waals surface area contributed by atoms with Crippen LogP contribution in [-0.2, 0) is 16.6 Å². The molecule has 0 unspecified atom stereocenters. The zero-order chi connectivity index (χ0) is 21.9. The third kappa shape index (κ3) is 2.97. The van der Waals surface area contributed by atoms with Gasteiger partial charge in [0.15, 0.2) is 0 Å². The van der Waals surface area contributed by atoms with Gasteiger partial charge in [-0.1, -0.05) is 41.8 Å². The predicted octanol–water partition coefficient (Wildman–Crippen LogP) is 2.38. The second-order valence-electron chi connectivity index (χ2n) is 7.88. The molecule has 1 fully saturated rings. The van der Waals surface area contributed by atoms with Crippen molar-refractivity contribution in [3.05, 3.63) is 84.1 Å². The van der Waals surface area contributed by atoms with Gasteiger partial charge in [0.25, 0.3) is 5.56 Å². The van der Waals surface area contributed by atoms with E-state index in [9.17, 15) is 14.4 Å². The van der Waals surface area contributed by atoms with Gasteiger partial charge in [0.1, 0.15) is 6.20 Å². The number of fused-ring (bicyclic) bond motifs is 2. The summed E-state index contributed by atoms with van der Waals surface area (Å²) in [7, 11) is 0. The SMILES string of the molecule is Nn1c(=O)cnn(-c2cc(Cl)c(Cc3ccc4c(c3)C3(CCC3)C(=O)N4)c(Cl)c2)c1=O. The Morgan fingerprint density at radius 2 is 1.81 bits per heavy atom. The van der Waals surface area contributed by atoms with Crippen molar-refractivity contribution in [1.82, 2.24) is 14.5 Å². The number of hydrogen-bond donors (Lipinski definition) is 2. The van der Waals surface area contributed by atoms with E-state index in [0.717, 1.165) is 47.0 Å². The number of benzene rings is 2. The van der Waals surface area contributed by atoms with Gasteiger partial charge in [0.05, 0.1) is 11.1 Å². The highest BCUT2D eigenvalue weighted by Gasteiger charge is 2.50. The summed E-state index contributed by atoms with van der Waals surface area (Å²) in [5.41, 5.74) is 1.92. The summed E-state index contributed by atoms with van der Waals surface area (Å²) in [6.45, 7) is 0. The standard InChI is InChI=1S/C21H17Cl2N5O3/c22-15-8-12(28-20(31)27(24)18(29)10-25-28)9-16(23)13(15)6-11-2-3-17-14(7-11)21(4-1-5-21)19(30)26-17/h2-3,7-10H,1,4-6,24H2,(H,26,30). The minimum atomic E-state index is -0.811. The van der Waals surface area contributed by atoms with Crippen LogP contribution in [0.25, 0.3) is 5.69 Å². The number of carbonyl (C=O) groups excluding carboxylic acids is 1. The van der Waals surface area contributed by atoms with E-state index in [4.69, 9.17) is 29.0 Å². The molecule has 2 aliphatic rings. The van der Waals surface area contributed by atoms with E-state index in [0.29, 0.717) is 32.4 Å². The molecule has 1 aliphatic heterocycles. The van der Waals surface area contributed by atoms with Crippen molar-refractivity contribution in [2.75, 3.05) is 11.2 Å². The lowest BCUT2D eigenvalue weighted by Crippen LogP contribution is -2.44. The molecular formula is C21H17Cl2N5O3.